The summed E-state index contributed by atoms with van der Waals surface area (Å²) in [5.74, 6) is -0.216. The van der Waals surface area contributed by atoms with Crippen molar-refractivity contribution in [3.63, 3.8) is 0 Å². The highest BCUT2D eigenvalue weighted by molar-refractivity contribution is 5.25. The molecule has 0 radical (unpaired) electrons. The maximum Gasteiger partial charge on any atom is 0.123 e. The van der Waals surface area contributed by atoms with E-state index in [9.17, 15) is 4.39 Å². The minimum absolute atomic E-state index is 0.216. The molecule has 0 aliphatic heterocycles. The average Bonchev–Trinajstić information content (AvgIpc) is 2.37. The van der Waals surface area contributed by atoms with E-state index in [0.717, 1.165) is 17.7 Å². The third-order valence-corrected chi connectivity index (χ3v) is 3.24. The molecule has 0 atom stereocenters. The van der Waals surface area contributed by atoms with Crippen LogP contribution in [0.5, 0.6) is 0 Å². The fourth-order valence-electron chi connectivity index (χ4n) is 2.42. The molecule has 0 aromatic heterocycles. The fourth-order valence-corrected chi connectivity index (χ4v) is 2.42. The van der Waals surface area contributed by atoms with Gasteiger partial charge in [-0.2, -0.15) is 0 Å². The molecular weight excluding hydrogens is 251 g/mol. The Balaban J connectivity index is 2.04. The first-order valence-corrected chi connectivity index (χ1v) is 6.79. The molecule has 0 amide bonds. The number of hydrogen-bond acceptors (Lipinski definition) is 2. The molecule has 0 saturated carbocycles. The van der Waals surface area contributed by atoms with Gasteiger partial charge in [0.15, 0.2) is 0 Å². The van der Waals surface area contributed by atoms with Gasteiger partial charge < -0.3 is 5.73 Å². The summed E-state index contributed by atoms with van der Waals surface area (Å²) in [6, 6.07) is 13.5. The number of hydrogen-bond donors (Lipinski definition) is 1. The van der Waals surface area contributed by atoms with Crippen molar-refractivity contribution in [3.8, 4) is 0 Å². The van der Waals surface area contributed by atoms with Crippen LogP contribution >= 0.6 is 0 Å². The molecule has 0 bridgehead atoms. The van der Waals surface area contributed by atoms with Crippen molar-refractivity contribution >= 4 is 0 Å². The van der Waals surface area contributed by atoms with E-state index in [-0.39, 0.29) is 5.82 Å². The molecule has 0 aliphatic carbocycles. The molecule has 0 spiro atoms. The van der Waals surface area contributed by atoms with Gasteiger partial charge in [-0.1, -0.05) is 35.9 Å². The first kappa shape index (κ1) is 14.7. The highest BCUT2D eigenvalue weighted by Crippen LogP contribution is 2.13. The summed E-state index contributed by atoms with van der Waals surface area (Å²) in [6.07, 6.45) is 0. The monoisotopic (exact) mass is 272 g/mol. The fraction of sp³-hybridized carbons (Fsp3) is 0.294. The molecule has 2 aromatic carbocycles. The van der Waals surface area contributed by atoms with E-state index in [1.165, 1.54) is 17.2 Å². The van der Waals surface area contributed by atoms with Crippen molar-refractivity contribution in [2.24, 2.45) is 5.73 Å². The lowest BCUT2D eigenvalue weighted by Crippen LogP contribution is -2.17. The highest BCUT2D eigenvalue weighted by Gasteiger charge is 2.05. The molecule has 2 aromatic rings. The van der Waals surface area contributed by atoms with Gasteiger partial charge in [0.2, 0.25) is 0 Å². The summed E-state index contributed by atoms with van der Waals surface area (Å²) in [5.41, 5.74) is 9.90. The zero-order valence-electron chi connectivity index (χ0n) is 12.1. The molecule has 3 heteroatoms. The van der Waals surface area contributed by atoms with Crippen molar-refractivity contribution < 1.29 is 4.39 Å². The number of halogens is 1. The number of nitrogens with two attached hydrogens (primary N) is 1. The van der Waals surface area contributed by atoms with Gasteiger partial charge in [0.1, 0.15) is 5.82 Å². The maximum absolute atomic E-state index is 13.5. The van der Waals surface area contributed by atoms with Crippen molar-refractivity contribution in [1.29, 1.82) is 0 Å². The number of benzene rings is 2. The molecule has 0 fully saturated rings. The molecule has 20 heavy (non-hydrogen) atoms. The highest BCUT2D eigenvalue weighted by atomic mass is 19.1. The molecule has 2 nitrogen and oxygen atoms in total. The van der Waals surface area contributed by atoms with Crippen molar-refractivity contribution in [2.45, 2.75) is 26.6 Å². The lowest BCUT2D eigenvalue weighted by atomic mass is 10.1. The second-order valence-electron chi connectivity index (χ2n) is 5.33. The molecule has 0 saturated heterocycles. The van der Waals surface area contributed by atoms with Crippen LogP contribution in [0.2, 0.25) is 0 Å². The third-order valence-electron chi connectivity index (χ3n) is 3.24. The van der Waals surface area contributed by atoms with Gasteiger partial charge in [-0.05, 0) is 42.8 Å². The summed E-state index contributed by atoms with van der Waals surface area (Å²) < 4.78 is 13.5. The van der Waals surface area contributed by atoms with Crippen LogP contribution in [0.1, 0.15) is 22.3 Å². The average molecular weight is 272 g/mol. The summed E-state index contributed by atoms with van der Waals surface area (Å²) in [7, 11) is 2.04. The Morgan fingerprint density at radius 1 is 1.00 bits per heavy atom. The van der Waals surface area contributed by atoms with E-state index in [4.69, 9.17) is 5.73 Å². The minimum Gasteiger partial charge on any atom is -0.326 e. The molecular formula is C17H21FN2. The smallest absolute Gasteiger partial charge is 0.123 e. The predicted molar refractivity (Wildman–Crippen MR) is 80.6 cm³/mol. The largest absolute Gasteiger partial charge is 0.326 e. The topological polar surface area (TPSA) is 29.3 Å². The van der Waals surface area contributed by atoms with Crippen molar-refractivity contribution in [2.75, 3.05) is 7.05 Å². The summed E-state index contributed by atoms with van der Waals surface area (Å²) in [5, 5.41) is 0. The quantitative estimate of drug-likeness (QED) is 0.905. The van der Waals surface area contributed by atoms with E-state index < -0.39 is 0 Å². The molecule has 0 aliphatic rings. The normalized spacial score (nSPS) is 11.1. The van der Waals surface area contributed by atoms with Gasteiger partial charge >= 0.3 is 0 Å². The third kappa shape index (κ3) is 4.15. The lowest BCUT2D eigenvalue weighted by Gasteiger charge is -2.17. The van der Waals surface area contributed by atoms with Gasteiger partial charge in [-0.3, -0.25) is 4.90 Å². The van der Waals surface area contributed by atoms with Gasteiger partial charge in [0, 0.05) is 19.6 Å². The predicted octanol–water partition coefficient (Wildman–Crippen LogP) is 3.22. The van der Waals surface area contributed by atoms with E-state index >= 15 is 0 Å². The van der Waals surface area contributed by atoms with Crippen molar-refractivity contribution in [3.05, 3.63) is 70.5 Å². The van der Waals surface area contributed by atoms with Crippen LogP contribution in [-0.4, -0.2) is 11.9 Å². The standard InChI is InChI=1S/C17H21FN2/c1-13-4-3-5-14(6-13)11-20(2)12-16-7-15(10-19)8-17(18)9-16/h3-9H,10-12,19H2,1-2H3. The van der Waals surface area contributed by atoms with Crippen LogP contribution in [0.25, 0.3) is 0 Å². The van der Waals surface area contributed by atoms with E-state index in [0.29, 0.717) is 13.1 Å². The minimum atomic E-state index is -0.216. The van der Waals surface area contributed by atoms with Gasteiger partial charge in [0.05, 0.1) is 0 Å². The Kier molecular flexibility index (Phi) is 4.88. The van der Waals surface area contributed by atoms with Crippen LogP contribution in [0.15, 0.2) is 42.5 Å². The zero-order valence-corrected chi connectivity index (χ0v) is 12.1. The lowest BCUT2D eigenvalue weighted by molar-refractivity contribution is 0.318. The zero-order chi connectivity index (χ0) is 14.5. The van der Waals surface area contributed by atoms with Crippen LogP contribution in [0.3, 0.4) is 0 Å². The first-order chi connectivity index (χ1) is 9.56. The van der Waals surface area contributed by atoms with Gasteiger partial charge in [-0.25, -0.2) is 4.39 Å². The molecule has 2 rings (SSSR count). The van der Waals surface area contributed by atoms with E-state index in [2.05, 4.69) is 36.1 Å². The molecule has 106 valence electrons. The summed E-state index contributed by atoms with van der Waals surface area (Å²) >= 11 is 0. The number of nitrogens with zero attached hydrogens (tertiary/aromatic N) is 1. The van der Waals surface area contributed by atoms with Crippen LogP contribution in [0.4, 0.5) is 4.39 Å². The number of rotatable bonds is 5. The van der Waals surface area contributed by atoms with E-state index in [1.807, 2.05) is 13.1 Å². The summed E-state index contributed by atoms with van der Waals surface area (Å²) in [6.45, 7) is 4.00. The Bertz CT molecular complexity index is 581. The second kappa shape index (κ2) is 6.64. The van der Waals surface area contributed by atoms with Crippen LogP contribution in [0, 0.1) is 12.7 Å². The first-order valence-electron chi connectivity index (χ1n) is 6.79. The Hall–Kier alpha value is -1.71. The van der Waals surface area contributed by atoms with Gasteiger partial charge in [-0.15, -0.1) is 0 Å². The SMILES string of the molecule is Cc1cccc(CN(C)Cc2cc(F)cc(CN)c2)c1. The van der Waals surface area contributed by atoms with Crippen LogP contribution in [-0.2, 0) is 19.6 Å². The Labute approximate surface area is 120 Å². The number of aryl methyl sites for hydroxylation is 1. The van der Waals surface area contributed by atoms with Gasteiger partial charge in [0.25, 0.3) is 0 Å². The molecule has 0 heterocycles. The second-order valence-corrected chi connectivity index (χ2v) is 5.33. The molecule has 2 N–H and O–H groups in total. The van der Waals surface area contributed by atoms with E-state index in [1.54, 1.807) is 6.07 Å². The Morgan fingerprint density at radius 3 is 2.40 bits per heavy atom. The Morgan fingerprint density at radius 2 is 1.70 bits per heavy atom. The van der Waals surface area contributed by atoms with Crippen LogP contribution < -0.4 is 5.73 Å². The molecule has 0 unspecified atom stereocenters. The maximum atomic E-state index is 13.5. The summed E-state index contributed by atoms with van der Waals surface area (Å²) in [4.78, 5) is 2.17. The van der Waals surface area contributed by atoms with Crippen molar-refractivity contribution in [1.82, 2.24) is 4.90 Å².